The molecule has 2 atom stereocenters. The third-order valence-electron chi connectivity index (χ3n) is 3.74. The van der Waals surface area contributed by atoms with Gasteiger partial charge in [-0.05, 0) is 44.5 Å². The predicted molar refractivity (Wildman–Crippen MR) is 77.0 cm³/mol. The third-order valence-corrected chi connectivity index (χ3v) is 3.74. The van der Waals surface area contributed by atoms with E-state index in [1.165, 1.54) is 12.8 Å². The highest BCUT2D eigenvalue weighted by atomic mass is 16.5. The fourth-order valence-corrected chi connectivity index (χ4v) is 2.54. The molecule has 1 fully saturated rings. The summed E-state index contributed by atoms with van der Waals surface area (Å²) in [5.41, 5.74) is 1.14. The van der Waals surface area contributed by atoms with Crippen LogP contribution in [0.15, 0.2) is 18.2 Å². The largest absolute Gasteiger partial charge is 0.497 e. The molecule has 0 saturated carbocycles. The van der Waals surface area contributed by atoms with Crippen LogP contribution in [-0.4, -0.2) is 33.4 Å². The first kappa shape index (κ1) is 14.2. The van der Waals surface area contributed by atoms with Gasteiger partial charge in [0.2, 0.25) is 0 Å². The Morgan fingerprint density at radius 1 is 1.37 bits per heavy atom. The number of nitrogens with one attached hydrogen (secondary N) is 2. The monoisotopic (exact) mass is 264 g/mol. The first-order chi connectivity index (χ1) is 9.24. The van der Waals surface area contributed by atoms with Gasteiger partial charge in [-0.25, -0.2) is 0 Å². The smallest absolute Gasteiger partial charge is 0.123 e. The lowest BCUT2D eigenvalue weighted by atomic mass is 10.1. The van der Waals surface area contributed by atoms with E-state index in [1.807, 2.05) is 18.2 Å². The molecule has 1 aromatic rings. The zero-order chi connectivity index (χ0) is 13.7. The number of ether oxygens (including phenoxy) is 2. The Balaban J connectivity index is 2.01. The quantitative estimate of drug-likeness (QED) is 0.826. The minimum atomic E-state index is 0.243. The molecule has 1 heterocycles. The van der Waals surface area contributed by atoms with Gasteiger partial charge in [-0.15, -0.1) is 0 Å². The molecule has 106 valence electrons. The molecule has 1 aliphatic heterocycles. The third kappa shape index (κ3) is 3.61. The minimum absolute atomic E-state index is 0.243. The number of methoxy groups -OCH3 is 2. The molecule has 2 N–H and O–H groups in total. The van der Waals surface area contributed by atoms with Crippen LogP contribution in [0.2, 0.25) is 0 Å². The van der Waals surface area contributed by atoms with Gasteiger partial charge >= 0.3 is 0 Å². The molecule has 2 unspecified atom stereocenters. The van der Waals surface area contributed by atoms with E-state index in [2.05, 4.69) is 17.6 Å². The van der Waals surface area contributed by atoms with Crippen LogP contribution < -0.4 is 20.1 Å². The number of hydrogen-bond donors (Lipinski definition) is 2. The second-order valence-electron chi connectivity index (χ2n) is 5.03. The summed E-state index contributed by atoms with van der Waals surface area (Å²) in [4.78, 5) is 0. The molecule has 2 rings (SSSR count). The molecule has 1 aromatic carbocycles. The molecule has 0 amide bonds. The summed E-state index contributed by atoms with van der Waals surface area (Å²) in [6, 6.07) is 6.76. The lowest BCUT2D eigenvalue weighted by Crippen LogP contribution is -2.35. The zero-order valence-corrected chi connectivity index (χ0v) is 12.0. The summed E-state index contributed by atoms with van der Waals surface area (Å²) in [7, 11) is 3.39. The highest BCUT2D eigenvalue weighted by Gasteiger charge is 2.17. The molecule has 4 nitrogen and oxygen atoms in total. The van der Waals surface area contributed by atoms with Crippen molar-refractivity contribution in [2.45, 2.75) is 31.8 Å². The second kappa shape index (κ2) is 6.78. The van der Waals surface area contributed by atoms with Crippen LogP contribution in [0.5, 0.6) is 11.5 Å². The van der Waals surface area contributed by atoms with E-state index < -0.39 is 0 Å². The van der Waals surface area contributed by atoms with E-state index in [0.717, 1.165) is 30.2 Å². The molecule has 1 aliphatic rings. The van der Waals surface area contributed by atoms with E-state index in [4.69, 9.17) is 9.47 Å². The average molecular weight is 264 g/mol. The Labute approximate surface area is 115 Å². The van der Waals surface area contributed by atoms with Crippen molar-refractivity contribution in [2.24, 2.45) is 0 Å². The van der Waals surface area contributed by atoms with Crippen molar-refractivity contribution >= 4 is 0 Å². The van der Waals surface area contributed by atoms with Gasteiger partial charge in [-0.1, -0.05) is 0 Å². The summed E-state index contributed by atoms with van der Waals surface area (Å²) < 4.78 is 10.7. The average Bonchev–Trinajstić information content (AvgIpc) is 2.97. The standard InChI is InChI=1S/C15H24N2O2/c1-11(17-10-12-5-4-8-16-12)14-9-13(18-2)6-7-15(14)19-3/h6-7,9,11-12,16-17H,4-5,8,10H2,1-3H3. The second-order valence-corrected chi connectivity index (χ2v) is 5.03. The fourth-order valence-electron chi connectivity index (χ4n) is 2.54. The molecule has 1 saturated heterocycles. The van der Waals surface area contributed by atoms with Crippen molar-refractivity contribution < 1.29 is 9.47 Å². The van der Waals surface area contributed by atoms with Crippen molar-refractivity contribution in [1.29, 1.82) is 0 Å². The van der Waals surface area contributed by atoms with E-state index in [-0.39, 0.29) is 6.04 Å². The topological polar surface area (TPSA) is 42.5 Å². The van der Waals surface area contributed by atoms with Crippen LogP contribution in [0.4, 0.5) is 0 Å². The maximum Gasteiger partial charge on any atom is 0.123 e. The Morgan fingerprint density at radius 3 is 2.84 bits per heavy atom. The van der Waals surface area contributed by atoms with Crippen molar-refractivity contribution in [3.8, 4) is 11.5 Å². The molecule has 0 bridgehead atoms. The molecular formula is C15H24N2O2. The summed E-state index contributed by atoms with van der Waals surface area (Å²) >= 11 is 0. The number of rotatable bonds is 6. The fraction of sp³-hybridized carbons (Fsp3) is 0.600. The molecule has 0 spiro atoms. The predicted octanol–water partition coefficient (Wildman–Crippen LogP) is 2.11. The lowest BCUT2D eigenvalue weighted by Gasteiger charge is -2.20. The SMILES string of the molecule is COc1ccc(OC)c(C(C)NCC2CCCN2)c1. The van der Waals surface area contributed by atoms with Crippen molar-refractivity contribution in [3.63, 3.8) is 0 Å². The van der Waals surface area contributed by atoms with E-state index >= 15 is 0 Å². The highest BCUT2D eigenvalue weighted by Crippen LogP contribution is 2.29. The highest BCUT2D eigenvalue weighted by molar-refractivity contribution is 5.42. The molecular weight excluding hydrogens is 240 g/mol. The molecule has 0 radical (unpaired) electrons. The molecule has 19 heavy (non-hydrogen) atoms. The van der Waals surface area contributed by atoms with Gasteiger partial charge in [-0.2, -0.15) is 0 Å². The van der Waals surface area contributed by atoms with E-state index in [1.54, 1.807) is 14.2 Å². The molecule has 0 aromatic heterocycles. The minimum Gasteiger partial charge on any atom is -0.497 e. The number of benzene rings is 1. The lowest BCUT2D eigenvalue weighted by molar-refractivity contribution is 0.389. The van der Waals surface area contributed by atoms with Crippen LogP contribution in [0.3, 0.4) is 0 Å². The van der Waals surface area contributed by atoms with Gasteiger partial charge in [0.05, 0.1) is 14.2 Å². The zero-order valence-electron chi connectivity index (χ0n) is 12.0. The Kier molecular flexibility index (Phi) is 5.05. The maximum absolute atomic E-state index is 5.43. The van der Waals surface area contributed by atoms with Crippen LogP contribution in [0.1, 0.15) is 31.4 Å². The van der Waals surface area contributed by atoms with Crippen LogP contribution in [-0.2, 0) is 0 Å². The van der Waals surface area contributed by atoms with Crippen LogP contribution >= 0.6 is 0 Å². The summed E-state index contributed by atoms with van der Waals surface area (Å²) in [6.45, 7) is 4.29. The summed E-state index contributed by atoms with van der Waals surface area (Å²) in [5.74, 6) is 1.77. The van der Waals surface area contributed by atoms with E-state index in [9.17, 15) is 0 Å². The normalized spacial score (nSPS) is 20.3. The maximum atomic E-state index is 5.43. The first-order valence-electron chi connectivity index (χ1n) is 6.93. The first-order valence-corrected chi connectivity index (χ1v) is 6.93. The van der Waals surface area contributed by atoms with Gasteiger partial charge in [0.15, 0.2) is 0 Å². The molecule has 4 heteroatoms. The summed E-state index contributed by atoms with van der Waals surface area (Å²) in [6.07, 6.45) is 2.54. The van der Waals surface area contributed by atoms with Gasteiger partial charge < -0.3 is 20.1 Å². The van der Waals surface area contributed by atoms with Crippen molar-refractivity contribution in [1.82, 2.24) is 10.6 Å². The molecule has 0 aliphatic carbocycles. The van der Waals surface area contributed by atoms with Crippen LogP contribution in [0, 0.1) is 0 Å². The summed E-state index contributed by atoms with van der Waals surface area (Å²) in [5, 5.41) is 7.06. The van der Waals surface area contributed by atoms with Crippen molar-refractivity contribution in [2.75, 3.05) is 27.3 Å². The Bertz CT molecular complexity index is 403. The van der Waals surface area contributed by atoms with E-state index in [0.29, 0.717) is 6.04 Å². The Morgan fingerprint density at radius 2 is 2.21 bits per heavy atom. The van der Waals surface area contributed by atoms with Gasteiger partial charge in [0.25, 0.3) is 0 Å². The van der Waals surface area contributed by atoms with Gasteiger partial charge in [-0.3, -0.25) is 0 Å². The van der Waals surface area contributed by atoms with Crippen molar-refractivity contribution in [3.05, 3.63) is 23.8 Å². The van der Waals surface area contributed by atoms with Gasteiger partial charge in [0.1, 0.15) is 11.5 Å². The number of hydrogen-bond acceptors (Lipinski definition) is 4. The Hall–Kier alpha value is -1.26. The van der Waals surface area contributed by atoms with Gasteiger partial charge in [0, 0.05) is 24.2 Å². The van der Waals surface area contributed by atoms with Crippen LogP contribution in [0.25, 0.3) is 0 Å².